The van der Waals surface area contributed by atoms with Gasteiger partial charge < -0.3 is 14.7 Å². The highest BCUT2D eigenvalue weighted by molar-refractivity contribution is 5.85. The van der Waals surface area contributed by atoms with Gasteiger partial charge in [0.1, 0.15) is 0 Å². The van der Waals surface area contributed by atoms with Crippen LogP contribution < -0.4 is 10.2 Å². The van der Waals surface area contributed by atoms with Crippen molar-refractivity contribution in [2.45, 2.75) is 18.6 Å². The van der Waals surface area contributed by atoms with Crippen molar-refractivity contribution in [2.24, 2.45) is 0 Å². The van der Waals surface area contributed by atoms with Gasteiger partial charge in [0.15, 0.2) is 11.8 Å². The van der Waals surface area contributed by atoms with Gasteiger partial charge >= 0.3 is 0 Å². The summed E-state index contributed by atoms with van der Waals surface area (Å²) in [6.07, 6.45) is 2.97. The van der Waals surface area contributed by atoms with Crippen LogP contribution in [0.15, 0.2) is 71.3 Å². The Morgan fingerprint density at radius 3 is 2.77 bits per heavy atom. The topological polar surface area (TPSA) is 45.4 Å². The minimum atomic E-state index is 0.129. The zero-order valence-electron chi connectivity index (χ0n) is 14.3. The Kier molecular flexibility index (Phi) is 2.87. The van der Waals surface area contributed by atoms with E-state index in [2.05, 4.69) is 64.9 Å². The molecule has 4 heteroatoms. The smallest absolute Gasteiger partial charge is 0.221 e. The molecule has 0 aliphatic carbocycles. The van der Waals surface area contributed by atoms with Gasteiger partial charge in [0.2, 0.25) is 6.17 Å². The third kappa shape index (κ3) is 1.88. The Bertz CT molecular complexity index is 1100. The average molecular weight is 342 g/mol. The number of H-pyrrole nitrogens is 1. The summed E-state index contributed by atoms with van der Waals surface area (Å²) in [4.78, 5) is 5.24. The molecule has 0 bridgehead atoms. The minimum absolute atomic E-state index is 0.129. The number of fused-ring (bicyclic) bond motifs is 7. The summed E-state index contributed by atoms with van der Waals surface area (Å²) in [6.45, 7) is 1.08. The average Bonchev–Trinajstić information content (AvgIpc) is 3.34. The predicted octanol–water partition coefficient (Wildman–Crippen LogP) is 3.42. The van der Waals surface area contributed by atoms with E-state index in [1.165, 1.54) is 38.3 Å². The Morgan fingerprint density at radius 1 is 0.962 bits per heavy atom. The maximum Gasteiger partial charge on any atom is 0.221 e. The van der Waals surface area contributed by atoms with Crippen molar-refractivity contribution in [1.29, 1.82) is 0 Å². The van der Waals surface area contributed by atoms with Gasteiger partial charge in [0.25, 0.3) is 0 Å². The van der Waals surface area contributed by atoms with Crippen molar-refractivity contribution in [3.05, 3.63) is 89.5 Å². The van der Waals surface area contributed by atoms with Crippen molar-refractivity contribution < 1.29 is 9.32 Å². The highest BCUT2D eigenvalue weighted by Crippen LogP contribution is 2.38. The SMILES string of the molecule is c1coc([C@@H]2Nc3ccccc3[C@@H]3c4[nH]c5ccccc5c4CC[NH+]32)c1. The summed E-state index contributed by atoms with van der Waals surface area (Å²) in [5.74, 6) is 0.999. The molecule has 4 nitrogen and oxygen atoms in total. The van der Waals surface area contributed by atoms with Crippen molar-refractivity contribution in [1.82, 2.24) is 4.98 Å². The van der Waals surface area contributed by atoms with E-state index in [0.29, 0.717) is 6.04 Å². The van der Waals surface area contributed by atoms with E-state index in [-0.39, 0.29) is 6.17 Å². The van der Waals surface area contributed by atoms with Crippen LogP contribution in [-0.2, 0) is 6.42 Å². The van der Waals surface area contributed by atoms with E-state index in [9.17, 15) is 0 Å². The molecule has 26 heavy (non-hydrogen) atoms. The lowest BCUT2D eigenvalue weighted by Gasteiger charge is -2.42. The molecule has 3 N–H and O–H groups in total. The molecule has 0 amide bonds. The number of aromatic amines is 1. The Morgan fingerprint density at radius 2 is 1.85 bits per heavy atom. The Hall–Kier alpha value is -2.98. The number of quaternary nitrogens is 1. The van der Waals surface area contributed by atoms with Crippen LogP contribution in [0.1, 0.15) is 34.8 Å². The molecule has 2 aliphatic heterocycles. The van der Waals surface area contributed by atoms with Crippen LogP contribution in [0.25, 0.3) is 10.9 Å². The van der Waals surface area contributed by atoms with Gasteiger partial charge in [-0.2, -0.15) is 0 Å². The minimum Gasteiger partial charge on any atom is -0.461 e. The molecule has 2 aliphatic rings. The van der Waals surface area contributed by atoms with Crippen LogP contribution in [0.3, 0.4) is 0 Å². The van der Waals surface area contributed by atoms with E-state index < -0.39 is 0 Å². The van der Waals surface area contributed by atoms with Gasteiger partial charge in [0, 0.05) is 28.6 Å². The molecule has 4 aromatic rings. The molecule has 2 aromatic carbocycles. The second-order valence-electron chi connectivity index (χ2n) is 7.25. The number of anilines is 1. The summed E-state index contributed by atoms with van der Waals surface area (Å²) >= 11 is 0. The highest BCUT2D eigenvalue weighted by Gasteiger charge is 2.45. The van der Waals surface area contributed by atoms with Crippen LogP contribution in [0.4, 0.5) is 5.69 Å². The number of hydrogen-bond donors (Lipinski definition) is 3. The largest absolute Gasteiger partial charge is 0.461 e. The number of aromatic nitrogens is 1. The van der Waals surface area contributed by atoms with Crippen LogP contribution >= 0.6 is 0 Å². The van der Waals surface area contributed by atoms with E-state index >= 15 is 0 Å². The molecule has 1 unspecified atom stereocenters. The predicted molar refractivity (Wildman–Crippen MR) is 101 cm³/mol. The summed E-state index contributed by atoms with van der Waals surface area (Å²) in [7, 11) is 0. The lowest BCUT2D eigenvalue weighted by Crippen LogP contribution is -3.15. The molecule has 0 spiro atoms. The highest BCUT2D eigenvalue weighted by atomic mass is 16.3. The molecule has 3 atom stereocenters. The lowest BCUT2D eigenvalue weighted by molar-refractivity contribution is -0.957. The molecule has 0 saturated heterocycles. The van der Waals surface area contributed by atoms with Crippen LogP contribution in [0.5, 0.6) is 0 Å². The van der Waals surface area contributed by atoms with Crippen molar-refractivity contribution in [3.63, 3.8) is 0 Å². The number of furan rings is 1. The summed E-state index contributed by atoms with van der Waals surface area (Å²) < 4.78 is 5.79. The maximum atomic E-state index is 5.79. The number of hydrogen-bond acceptors (Lipinski definition) is 2. The first kappa shape index (κ1) is 14.2. The Balaban J connectivity index is 1.59. The molecule has 128 valence electrons. The van der Waals surface area contributed by atoms with E-state index in [0.717, 1.165) is 18.7 Å². The van der Waals surface area contributed by atoms with E-state index in [1.54, 1.807) is 6.26 Å². The third-order valence-corrected chi connectivity index (χ3v) is 5.94. The first-order valence-corrected chi connectivity index (χ1v) is 9.24. The number of nitrogens with one attached hydrogen (secondary N) is 3. The normalized spacial score (nSPS) is 23.8. The quantitative estimate of drug-likeness (QED) is 0.496. The summed E-state index contributed by atoms with van der Waals surface area (Å²) in [5.41, 5.74) is 6.64. The van der Waals surface area contributed by atoms with Gasteiger partial charge in [-0.05, 0) is 29.8 Å². The fourth-order valence-corrected chi connectivity index (χ4v) is 4.84. The van der Waals surface area contributed by atoms with Crippen molar-refractivity contribution in [3.8, 4) is 0 Å². The third-order valence-electron chi connectivity index (χ3n) is 5.94. The first-order chi connectivity index (χ1) is 12.9. The standard InChI is InChI=1S/C22H19N3O/c1-3-8-17-14(6-1)15-11-12-25-21(20(15)23-17)16-7-2-4-9-18(16)24-22(25)19-10-5-13-26-19/h1-10,13,21-24H,11-12H2/p+1/t21-,22-/m1/s1. The van der Waals surface area contributed by atoms with Gasteiger partial charge in [-0.25, -0.2) is 0 Å². The zero-order valence-corrected chi connectivity index (χ0v) is 14.3. The molecule has 0 fully saturated rings. The second-order valence-corrected chi connectivity index (χ2v) is 7.25. The van der Waals surface area contributed by atoms with E-state index in [4.69, 9.17) is 4.42 Å². The molecule has 0 saturated carbocycles. The van der Waals surface area contributed by atoms with Crippen LogP contribution in [-0.4, -0.2) is 11.5 Å². The fraction of sp³-hybridized carbons (Fsp3) is 0.182. The number of para-hydroxylation sites is 2. The molecular weight excluding hydrogens is 322 g/mol. The number of rotatable bonds is 1. The van der Waals surface area contributed by atoms with Gasteiger partial charge in [-0.3, -0.25) is 4.90 Å². The Labute approximate surface area is 151 Å². The maximum absolute atomic E-state index is 5.79. The van der Waals surface area contributed by atoms with Gasteiger partial charge in [-0.15, -0.1) is 0 Å². The van der Waals surface area contributed by atoms with E-state index in [1.807, 2.05) is 6.07 Å². The summed E-state index contributed by atoms with van der Waals surface area (Å²) in [5, 5.41) is 5.09. The fourth-order valence-electron chi connectivity index (χ4n) is 4.84. The second kappa shape index (κ2) is 5.26. The van der Waals surface area contributed by atoms with Gasteiger partial charge in [0.05, 0.1) is 18.5 Å². The molecule has 4 heterocycles. The van der Waals surface area contributed by atoms with Crippen molar-refractivity contribution >= 4 is 16.6 Å². The number of benzene rings is 2. The van der Waals surface area contributed by atoms with Crippen LogP contribution in [0, 0.1) is 0 Å². The molecule has 2 aromatic heterocycles. The summed E-state index contributed by atoms with van der Waals surface area (Å²) in [6, 6.07) is 21.7. The van der Waals surface area contributed by atoms with Crippen molar-refractivity contribution in [2.75, 3.05) is 11.9 Å². The molecule has 6 rings (SSSR count). The monoisotopic (exact) mass is 342 g/mol. The first-order valence-electron chi connectivity index (χ1n) is 9.24. The zero-order chi connectivity index (χ0) is 17.1. The van der Waals surface area contributed by atoms with Gasteiger partial charge in [-0.1, -0.05) is 36.4 Å². The molecule has 0 radical (unpaired) electrons. The lowest BCUT2D eigenvalue weighted by atomic mass is 9.89. The molecular formula is C22H20N3O+. The van der Waals surface area contributed by atoms with Crippen LogP contribution in [0.2, 0.25) is 0 Å².